The molecule has 0 bridgehead atoms. The van der Waals surface area contributed by atoms with Crippen molar-refractivity contribution in [2.75, 3.05) is 0 Å². The molecule has 0 heterocycles. The van der Waals surface area contributed by atoms with E-state index in [1.165, 1.54) is 6.92 Å². The van der Waals surface area contributed by atoms with E-state index in [0.717, 1.165) is 5.57 Å². The molecule has 0 aromatic carbocycles. The van der Waals surface area contributed by atoms with Crippen LogP contribution < -0.4 is 0 Å². The fourth-order valence-electron chi connectivity index (χ4n) is 1.17. The predicted octanol–water partition coefficient (Wildman–Crippen LogP) is 0.629. The van der Waals surface area contributed by atoms with Gasteiger partial charge in [0, 0.05) is 13.3 Å². The summed E-state index contributed by atoms with van der Waals surface area (Å²) in [5.41, 5.74) is 0.885. The van der Waals surface area contributed by atoms with Gasteiger partial charge in [-0.1, -0.05) is 0 Å². The molecule has 0 aromatic rings. The van der Waals surface area contributed by atoms with Crippen LogP contribution in [0.5, 0.6) is 0 Å². The second-order valence-electron chi connectivity index (χ2n) is 2.81. The zero-order valence-corrected chi connectivity index (χ0v) is 6.70. The smallest absolute Gasteiger partial charge is 0.303 e. The summed E-state index contributed by atoms with van der Waals surface area (Å²) in [7, 11) is 0. The second kappa shape index (κ2) is 3.05. The Hall–Kier alpha value is -0.830. The minimum absolute atomic E-state index is 0.220. The summed E-state index contributed by atoms with van der Waals surface area (Å²) in [4.78, 5) is 10.5. The van der Waals surface area contributed by atoms with Crippen molar-refractivity contribution in [2.45, 2.75) is 32.5 Å². The summed E-state index contributed by atoms with van der Waals surface area (Å²) in [6, 6.07) is 0. The maximum Gasteiger partial charge on any atom is 0.303 e. The van der Waals surface area contributed by atoms with Crippen molar-refractivity contribution >= 4 is 5.97 Å². The number of esters is 1. The summed E-state index contributed by atoms with van der Waals surface area (Å²) >= 11 is 0. The molecule has 0 aliphatic heterocycles. The summed E-state index contributed by atoms with van der Waals surface area (Å²) in [6.45, 7) is 3.20. The topological polar surface area (TPSA) is 46.5 Å². The Kier molecular flexibility index (Phi) is 2.29. The standard InChI is InChI=1S/C8H12O3/c1-5-3-7(4-8(5)10)11-6(2)9/h3,7-8,10H,4H2,1-2H3/t7-,8+/m0/s1. The zero-order chi connectivity index (χ0) is 8.43. The van der Waals surface area contributed by atoms with Gasteiger partial charge < -0.3 is 9.84 Å². The summed E-state index contributed by atoms with van der Waals surface area (Å²) in [5, 5.41) is 9.22. The van der Waals surface area contributed by atoms with Crippen LogP contribution in [0.4, 0.5) is 0 Å². The van der Waals surface area contributed by atoms with Gasteiger partial charge >= 0.3 is 5.97 Å². The van der Waals surface area contributed by atoms with Crippen LogP contribution >= 0.6 is 0 Å². The lowest BCUT2D eigenvalue weighted by molar-refractivity contribution is -0.144. The van der Waals surface area contributed by atoms with E-state index in [1.54, 1.807) is 6.08 Å². The summed E-state index contributed by atoms with van der Waals surface area (Å²) in [6.07, 6.45) is 1.64. The van der Waals surface area contributed by atoms with Crippen molar-refractivity contribution < 1.29 is 14.6 Å². The Balaban J connectivity index is 2.47. The van der Waals surface area contributed by atoms with Crippen LogP contribution in [-0.4, -0.2) is 23.3 Å². The molecule has 0 saturated heterocycles. The number of ether oxygens (including phenoxy) is 1. The number of carbonyl (C=O) groups is 1. The van der Waals surface area contributed by atoms with Crippen LogP contribution in [0, 0.1) is 0 Å². The highest BCUT2D eigenvalue weighted by molar-refractivity contribution is 5.66. The first-order valence-corrected chi connectivity index (χ1v) is 3.63. The molecule has 1 aliphatic rings. The van der Waals surface area contributed by atoms with Gasteiger partial charge in [-0.2, -0.15) is 0 Å². The molecule has 0 saturated carbocycles. The molecule has 1 N–H and O–H groups in total. The van der Waals surface area contributed by atoms with Gasteiger partial charge in [-0.25, -0.2) is 0 Å². The normalized spacial score (nSPS) is 29.9. The molecule has 11 heavy (non-hydrogen) atoms. The van der Waals surface area contributed by atoms with E-state index in [0.29, 0.717) is 6.42 Å². The average molecular weight is 156 g/mol. The van der Waals surface area contributed by atoms with Crippen LogP contribution in [0.15, 0.2) is 11.6 Å². The van der Waals surface area contributed by atoms with Gasteiger partial charge in [0.15, 0.2) is 0 Å². The van der Waals surface area contributed by atoms with Crippen LogP contribution in [0.3, 0.4) is 0 Å². The summed E-state index contributed by atoms with van der Waals surface area (Å²) < 4.78 is 4.88. The predicted molar refractivity (Wildman–Crippen MR) is 39.9 cm³/mol. The highest BCUT2D eigenvalue weighted by atomic mass is 16.5. The number of hydrogen-bond donors (Lipinski definition) is 1. The molecule has 1 aliphatic carbocycles. The van der Waals surface area contributed by atoms with Gasteiger partial charge in [0.2, 0.25) is 0 Å². The van der Waals surface area contributed by atoms with Gasteiger partial charge in [-0.3, -0.25) is 4.79 Å². The van der Waals surface area contributed by atoms with E-state index >= 15 is 0 Å². The van der Waals surface area contributed by atoms with Crippen LogP contribution in [0.1, 0.15) is 20.3 Å². The Labute approximate surface area is 65.7 Å². The zero-order valence-electron chi connectivity index (χ0n) is 6.70. The molecule has 3 heteroatoms. The van der Waals surface area contributed by atoms with E-state index in [9.17, 15) is 9.90 Å². The first kappa shape index (κ1) is 8.27. The monoisotopic (exact) mass is 156 g/mol. The van der Waals surface area contributed by atoms with Crippen LogP contribution in [-0.2, 0) is 9.53 Å². The molecule has 62 valence electrons. The van der Waals surface area contributed by atoms with Gasteiger partial charge in [-0.15, -0.1) is 0 Å². The molecule has 0 radical (unpaired) electrons. The Morgan fingerprint density at radius 3 is 2.82 bits per heavy atom. The van der Waals surface area contributed by atoms with Crippen molar-refractivity contribution in [1.29, 1.82) is 0 Å². The van der Waals surface area contributed by atoms with Crippen molar-refractivity contribution in [3.63, 3.8) is 0 Å². The van der Waals surface area contributed by atoms with Gasteiger partial charge in [0.05, 0.1) is 6.10 Å². The Morgan fingerprint density at radius 2 is 2.45 bits per heavy atom. The first-order chi connectivity index (χ1) is 5.09. The molecular weight excluding hydrogens is 144 g/mol. The van der Waals surface area contributed by atoms with Crippen molar-refractivity contribution in [3.05, 3.63) is 11.6 Å². The Bertz CT molecular complexity index is 196. The quantitative estimate of drug-likeness (QED) is 0.447. The molecule has 0 fully saturated rings. The number of hydrogen-bond acceptors (Lipinski definition) is 3. The third-order valence-corrected chi connectivity index (χ3v) is 1.75. The SMILES string of the molecule is CC(=O)O[C@H]1C=C(C)[C@H](O)C1. The fourth-order valence-corrected chi connectivity index (χ4v) is 1.17. The van der Waals surface area contributed by atoms with E-state index in [1.807, 2.05) is 6.92 Å². The highest BCUT2D eigenvalue weighted by Gasteiger charge is 2.23. The lowest BCUT2D eigenvalue weighted by Gasteiger charge is -2.07. The minimum Gasteiger partial charge on any atom is -0.458 e. The molecule has 0 amide bonds. The first-order valence-electron chi connectivity index (χ1n) is 3.63. The van der Waals surface area contributed by atoms with Gasteiger partial charge in [-0.05, 0) is 18.6 Å². The average Bonchev–Trinajstić information content (AvgIpc) is 2.10. The molecule has 3 nitrogen and oxygen atoms in total. The molecule has 1 rings (SSSR count). The number of carbonyl (C=O) groups excluding carboxylic acids is 1. The van der Waals surface area contributed by atoms with Crippen molar-refractivity contribution in [2.24, 2.45) is 0 Å². The number of aliphatic hydroxyl groups is 1. The van der Waals surface area contributed by atoms with Gasteiger partial charge in [0.1, 0.15) is 6.10 Å². The molecule has 0 unspecified atom stereocenters. The fraction of sp³-hybridized carbons (Fsp3) is 0.625. The molecule has 2 atom stereocenters. The lowest BCUT2D eigenvalue weighted by Crippen LogP contribution is -2.14. The molecular formula is C8H12O3. The van der Waals surface area contributed by atoms with Crippen LogP contribution in [0.25, 0.3) is 0 Å². The lowest BCUT2D eigenvalue weighted by atomic mass is 10.2. The largest absolute Gasteiger partial charge is 0.458 e. The molecule has 0 spiro atoms. The van der Waals surface area contributed by atoms with Crippen LogP contribution in [0.2, 0.25) is 0 Å². The highest BCUT2D eigenvalue weighted by Crippen LogP contribution is 2.20. The number of aliphatic hydroxyl groups excluding tert-OH is 1. The maximum atomic E-state index is 10.5. The Morgan fingerprint density at radius 1 is 1.82 bits per heavy atom. The van der Waals surface area contributed by atoms with Gasteiger partial charge in [0.25, 0.3) is 0 Å². The second-order valence-corrected chi connectivity index (χ2v) is 2.81. The van der Waals surface area contributed by atoms with E-state index in [-0.39, 0.29) is 12.1 Å². The maximum absolute atomic E-state index is 10.5. The minimum atomic E-state index is -0.431. The third-order valence-electron chi connectivity index (χ3n) is 1.75. The van der Waals surface area contributed by atoms with E-state index in [4.69, 9.17) is 4.74 Å². The van der Waals surface area contributed by atoms with E-state index < -0.39 is 6.10 Å². The van der Waals surface area contributed by atoms with Crippen molar-refractivity contribution in [1.82, 2.24) is 0 Å². The number of rotatable bonds is 1. The summed E-state index contributed by atoms with van der Waals surface area (Å²) in [5.74, 6) is -0.298. The third kappa shape index (κ3) is 2.05. The van der Waals surface area contributed by atoms with Crippen molar-refractivity contribution in [3.8, 4) is 0 Å². The van der Waals surface area contributed by atoms with E-state index in [2.05, 4.69) is 0 Å². The molecule has 0 aromatic heterocycles.